The molecule has 2 unspecified atom stereocenters. The van der Waals surface area contributed by atoms with Gasteiger partial charge in [-0.25, -0.2) is 4.79 Å². The van der Waals surface area contributed by atoms with Crippen molar-refractivity contribution in [3.8, 4) is 0 Å². The SMILES string of the molecule is [3H]C(O)c1ccc2c(c1)c1c3c(c4c5cc(C([3H])O)ccc5n5c4c1n2[C@H]1C[C@](O)(C(=O)OC)[C@]5(C)O1)CNC3=O. The first-order valence-corrected chi connectivity index (χ1v) is 12.6. The maximum atomic E-state index is 13.5. The quantitative estimate of drug-likeness (QED) is 0.263. The van der Waals surface area contributed by atoms with E-state index in [1.807, 2.05) is 4.57 Å². The fourth-order valence-corrected chi connectivity index (χ4v) is 7.19. The minimum Gasteiger partial charge on any atom is -0.467 e. The molecule has 5 atom stereocenters. The number of carbonyl (C=O) groups is 2. The summed E-state index contributed by atoms with van der Waals surface area (Å²) in [4.78, 5) is 26.7. The molecular weight excluding hydrogens is 502 g/mol. The number of methoxy groups -OCH3 is 1. The summed E-state index contributed by atoms with van der Waals surface area (Å²) in [5.74, 6) is -1.13. The third-order valence-corrected chi connectivity index (χ3v) is 8.89. The Morgan fingerprint density at radius 2 is 1.79 bits per heavy atom. The van der Waals surface area contributed by atoms with Crippen LogP contribution < -0.4 is 5.32 Å². The third-order valence-electron chi connectivity index (χ3n) is 8.89. The maximum Gasteiger partial charge on any atom is 0.343 e. The van der Waals surface area contributed by atoms with Crippen LogP contribution in [0, 0.1) is 0 Å². The average Bonchev–Trinajstić information content (AvgIpc) is 3.64. The molecule has 2 bridgehead atoms. The summed E-state index contributed by atoms with van der Waals surface area (Å²) in [5.41, 5.74) is 0.546. The molecule has 5 aromatic rings. The summed E-state index contributed by atoms with van der Waals surface area (Å²) in [5, 5.41) is 37.8. The lowest BCUT2D eigenvalue weighted by molar-refractivity contribution is -0.202. The van der Waals surface area contributed by atoms with Gasteiger partial charge in [0.25, 0.3) is 5.91 Å². The fraction of sp³-hybridized carbons (Fsp3) is 0.310. The summed E-state index contributed by atoms with van der Waals surface area (Å²) in [6.45, 7) is -1.14. The van der Waals surface area contributed by atoms with Crippen molar-refractivity contribution in [1.29, 1.82) is 0 Å². The van der Waals surface area contributed by atoms with Crippen LogP contribution >= 0.6 is 0 Å². The molecule has 3 aliphatic rings. The van der Waals surface area contributed by atoms with Crippen molar-refractivity contribution in [2.75, 3.05) is 7.11 Å². The van der Waals surface area contributed by atoms with Gasteiger partial charge in [0.2, 0.25) is 5.60 Å². The Morgan fingerprint density at radius 3 is 2.46 bits per heavy atom. The van der Waals surface area contributed by atoms with Crippen LogP contribution in [0.3, 0.4) is 0 Å². The van der Waals surface area contributed by atoms with Crippen molar-refractivity contribution in [3.05, 3.63) is 58.7 Å². The normalized spacial score (nSPS) is 27.6. The second kappa shape index (κ2) is 7.16. The number of benzene rings is 3. The molecular formula is C29H25N3O7. The molecule has 1 saturated heterocycles. The number of esters is 1. The van der Waals surface area contributed by atoms with Crippen LogP contribution in [-0.2, 0) is 39.7 Å². The van der Waals surface area contributed by atoms with Crippen LogP contribution in [0.5, 0.6) is 0 Å². The minimum absolute atomic E-state index is 0.148. The Labute approximate surface area is 223 Å². The van der Waals surface area contributed by atoms with Crippen LogP contribution in [0.1, 0.15) is 49.4 Å². The van der Waals surface area contributed by atoms with Crippen LogP contribution in [-0.4, -0.2) is 49.0 Å². The maximum absolute atomic E-state index is 13.5. The van der Waals surface area contributed by atoms with E-state index in [2.05, 4.69) is 5.32 Å². The molecule has 5 heterocycles. The number of aliphatic hydroxyl groups is 3. The Balaban J connectivity index is 1.69. The number of hydrogen-bond acceptors (Lipinski definition) is 7. The first-order valence-electron chi connectivity index (χ1n) is 13.8. The number of fused-ring (bicyclic) bond motifs is 13. The van der Waals surface area contributed by atoms with Crippen molar-refractivity contribution < 1.29 is 37.1 Å². The van der Waals surface area contributed by atoms with Gasteiger partial charge in [-0.1, -0.05) is 12.1 Å². The highest BCUT2D eigenvalue weighted by atomic mass is 16.6. The number of hydrogen-bond donors (Lipinski definition) is 4. The van der Waals surface area contributed by atoms with Gasteiger partial charge in [-0.05, 0) is 47.9 Å². The van der Waals surface area contributed by atoms with Crippen LogP contribution in [0.2, 0.25) is 0 Å². The van der Waals surface area contributed by atoms with E-state index < -0.39 is 36.7 Å². The van der Waals surface area contributed by atoms with Gasteiger partial charge < -0.3 is 39.2 Å². The summed E-state index contributed by atoms with van der Waals surface area (Å²) in [7, 11) is 1.21. The van der Waals surface area contributed by atoms with E-state index in [9.17, 15) is 24.9 Å². The number of aromatic nitrogens is 2. The lowest BCUT2D eigenvalue weighted by atomic mass is 9.88. The molecule has 0 aliphatic carbocycles. The fourth-order valence-electron chi connectivity index (χ4n) is 7.19. The molecule has 198 valence electrons. The zero-order chi connectivity index (χ0) is 28.7. The highest BCUT2D eigenvalue weighted by molar-refractivity contribution is 6.31. The van der Waals surface area contributed by atoms with E-state index in [-0.39, 0.29) is 18.9 Å². The molecule has 4 N–H and O–H groups in total. The van der Waals surface area contributed by atoms with Crippen LogP contribution in [0.25, 0.3) is 43.6 Å². The largest absolute Gasteiger partial charge is 0.467 e. The molecule has 8 rings (SSSR count). The van der Waals surface area contributed by atoms with Gasteiger partial charge in [-0.2, -0.15) is 0 Å². The summed E-state index contributed by atoms with van der Waals surface area (Å²) < 4.78 is 31.2. The average molecular weight is 532 g/mol. The van der Waals surface area contributed by atoms with Gasteiger partial charge in [0, 0.05) is 34.5 Å². The number of carbonyl (C=O) groups excluding carboxylic acids is 2. The molecule has 2 aromatic heterocycles. The number of amides is 1. The van der Waals surface area contributed by atoms with E-state index in [4.69, 9.17) is 12.2 Å². The van der Waals surface area contributed by atoms with Crippen LogP contribution in [0.15, 0.2) is 36.4 Å². The predicted octanol–water partition coefficient (Wildman–Crippen LogP) is 2.64. The minimum atomic E-state index is -2.11. The van der Waals surface area contributed by atoms with Gasteiger partial charge in [-0.15, -0.1) is 0 Å². The van der Waals surface area contributed by atoms with Crippen molar-refractivity contribution >= 4 is 55.5 Å². The predicted molar refractivity (Wildman–Crippen MR) is 141 cm³/mol. The smallest absolute Gasteiger partial charge is 0.343 e. The molecule has 10 heteroatoms. The Kier molecular flexibility index (Phi) is 3.84. The molecule has 3 aliphatic heterocycles. The Bertz CT molecular complexity index is 2050. The third kappa shape index (κ3) is 2.43. The van der Waals surface area contributed by atoms with Crippen molar-refractivity contribution in [2.24, 2.45) is 0 Å². The van der Waals surface area contributed by atoms with Gasteiger partial charge in [0.15, 0.2) is 5.72 Å². The van der Waals surface area contributed by atoms with Gasteiger partial charge in [0.05, 0.1) is 50.6 Å². The number of aliphatic hydroxyl groups excluding tert-OH is 2. The molecule has 1 amide bonds. The van der Waals surface area contributed by atoms with E-state index in [0.717, 1.165) is 0 Å². The molecule has 39 heavy (non-hydrogen) atoms. The summed E-state index contributed by atoms with van der Waals surface area (Å²) in [6.07, 6.45) is -0.989. The number of nitrogens with zero attached hydrogens (tertiary/aromatic N) is 2. The zero-order valence-corrected chi connectivity index (χ0v) is 21.0. The topological polar surface area (TPSA) is 135 Å². The first kappa shape index (κ1) is 20.9. The lowest BCUT2D eigenvalue weighted by Crippen LogP contribution is -2.56. The van der Waals surface area contributed by atoms with Gasteiger partial charge >= 0.3 is 5.97 Å². The molecule has 0 radical (unpaired) electrons. The second-order valence-electron chi connectivity index (χ2n) is 10.6. The molecule has 10 nitrogen and oxygen atoms in total. The Morgan fingerprint density at radius 1 is 1.13 bits per heavy atom. The molecule has 1 fully saturated rings. The van der Waals surface area contributed by atoms with Crippen molar-refractivity contribution in [2.45, 2.75) is 50.6 Å². The number of ether oxygens (including phenoxy) is 2. The monoisotopic (exact) mass is 531 g/mol. The van der Waals surface area contributed by atoms with Crippen molar-refractivity contribution in [3.63, 3.8) is 0 Å². The first-order chi connectivity index (χ1) is 19.5. The van der Waals surface area contributed by atoms with Crippen molar-refractivity contribution in [1.82, 2.24) is 14.5 Å². The highest BCUT2D eigenvalue weighted by Crippen LogP contribution is 2.57. The Hall–Kier alpha value is -3.96. The summed E-state index contributed by atoms with van der Waals surface area (Å²) in [6, 6.07) is 10.1. The summed E-state index contributed by atoms with van der Waals surface area (Å²) >= 11 is 0. The lowest BCUT2D eigenvalue weighted by Gasteiger charge is -2.37. The highest BCUT2D eigenvalue weighted by Gasteiger charge is 2.65. The zero-order valence-electron chi connectivity index (χ0n) is 23.0. The molecule has 0 spiro atoms. The second-order valence-corrected chi connectivity index (χ2v) is 10.6. The van der Waals surface area contributed by atoms with E-state index >= 15 is 0 Å². The van der Waals surface area contributed by atoms with E-state index in [1.165, 1.54) is 7.11 Å². The van der Waals surface area contributed by atoms with E-state index in [1.54, 1.807) is 47.9 Å². The van der Waals surface area contributed by atoms with Gasteiger partial charge in [-0.3, -0.25) is 4.79 Å². The standard InChI is InChI=1S/C29H25N3O7/c1-28-29(37,27(36)38-2)9-20(39-28)31-18-5-3-13(11-33)7-15(18)22-23-17(10-30-26(23)35)21-16-8-14(12-34)4-6-19(16)32(28)25(21)24(22)31/h3-8,20,33-34,37H,9-12H2,1-2H3,(H,30,35)/t20-,28+,29+/m1/s1/i11T,12T/t11?,12?,20-,28+,29+. The van der Waals surface area contributed by atoms with E-state index in [0.29, 0.717) is 65.9 Å². The van der Waals surface area contributed by atoms with Crippen LogP contribution in [0.4, 0.5) is 0 Å². The molecule has 3 aromatic carbocycles. The molecule has 0 saturated carbocycles. The number of rotatable bonds is 3. The van der Waals surface area contributed by atoms with Gasteiger partial charge in [0.1, 0.15) is 6.23 Å². The number of nitrogens with one attached hydrogen (secondary N) is 1.